The molecule has 94 valence electrons. The van der Waals surface area contributed by atoms with E-state index in [2.05, 4.69) is 34.1 Å². The lowest BCUT2D eigenvalue weighted by molar-refractivity contribution is 0.231. The van der Waals surface area contributed by atoms with Gasteiger partial charge in [0.1, 0.15) is 5.76 Å². The van der Waals surface area contributed by atoms with Gasteiger partial charge < -0.3 is 10.2 Å². The van der Waals surface area contributed by atoms with Gasteiger partial charge >= 0.3 is 0 Å². The van der Waals surface area contributed by atoms with Gasteiger partial charge in [0.05, 0.1) is 12.2 Å². The first-order chi connectivity index (χ1) is 8.85. The van der Waals surface area contributed by atoms with Gasteiger partial charge in [-0.05, 0) is 5.56 Å². The maximum atomic E-state index is 5.59. The maximum Gasteiger partial charge on any atom is 0.208 e. The largest absolute Gasteiger partial charge is 0.444 e. The molecule has 1 aromatic carbocycles. The number of hydrogen-bond donors (Lipinski definition) is 1. The summed E-state index contributed by atoms with van der Waals surface area (Å²) in [6.07, 6.45) is 0.926. The Labute approximate surface area is 106 Å². The van der Waals surface area contributed by atoms with Crippen molar-refractivity contribution in [3.8, 4) is 0 Å². The molecule has 1 aromatic heterocycles. The normalized spacial score (nSPS) is 15.6. The van der Waals surface area contributed by atoms with Crippen molar-refractivity contribution in [3.63, 3.8) is 0 Å². The molecular weight excluding hydrogens is 226 g/mol. The highest BCUT2D eigenvalue weighted by atomic mass is 16.4. The van der Waals surface area contributed by atoms with E-state index in [1.165, 1.54) is 5.56 Å². The zero-order valence-electron chi connectivity index (χ0n) is 10.3. The standard InChI is InChI=1S/C14H17N3O/c15-8-14-16-12-10-17(7-6-13(12)18-14)9-11-4-2-1-3-5-11/h1-5H,6-10,15H2. The summed E-state index contributed by atoms with van der Waals surface area (Å²) in [6.45, 7) is 3.21. The highest BCUT2D eigenvalue weighted by Crippen LogP contribution is 2.21. The monoisotopic (exact) mass is 243 g/mol. The third-order valence-electron chi connectivity index (χ3n) is 3.27. The van der Waals surface area contributed by atoms with Gasteiger partial charge in [-0.25, -0.2) is 4.98 Å². The maximum absolute atomic E-state index is 5.59. The Morgan fingerprint density at radius 1 is 1.28 bits per heavy atom. The third-order valence-corrected chi connectivity index (χ3v) is 3.27. The van der Waals surface area contributed by atoms with E-state index in [-0.39, 0.29) is 0 Å². The Hall–Kier alpha value is -1.65. The van der Waals surface area contributed by atoms with Crippen molar-refractivity contribution in [1.82, 2.24) is 9.88 Å². The lowest BCUT2D eigenvalue weighted by Crippen LogP contribution is -2.29. The highest BCUT2D eigenvalue weighted by Gasteiger charge is 2.21. The van der Waals surface area contributed by atoms with Crippen LogP contribution in [0.2, 0.25) is 0 Å². The molecule has 0 aliphatic carbocycles. The molecule has 4 heteroatoms. The summed E-state index contributed by atoms with van der Waals surface area (Å²) in [7, 11) is 0. The van der Waals surface area contributed by atoms with E-state index in [1.807, 2.05) is 6.07 Å². The summed E-state index contributed by atoms with van der Waals surface area (Å²) < 4.78 is 5.59. The fourth-order valence-corrected chi connectivity index (χ4v) is 2.37. The molecule has 0 bridgehead atoms. The minimum absolute atomic E-state index is 0.381. The zero-order valence-corrected chi connectivity index (χ0v) is 10.3. The first-order valence-corrected chi connectivity index (χ1v) is 6.29. The summed E-state index contributed by atoms with van der Waals surface area (Å²) in [6, 6.07) is 10.5. The second-order valence-electron chi connectivity index (χ2n) is 4.63. The molecule has 0 radical (unpaired) electrons. The van der Waals surface area contributed by atoms with Crippen molar-refractivity contribution >= 4 is 0 Å². The average molecular weight is 243 g/mol. The van der Waals surface area contributed by atoms with Gasteiger partial charge in [-0.3, -0.25) is 4.90 Å². The molecule has 0 atom stereocenters. The molecule has 3 rings (SSSR count). The van der Waals surface area contributed by atoms with E-state index < -0.39 is 0 Å². The second kappa shape index (κ2) is 4.92. The molecule has 2 N–H and O–H groups in total. The first-order valence-electron chi connectivity index (χ1n) is 6.29. The average Bonchev–Trinajstić information content (AvgIpc) is 2.82. The van der Waals surface area contributed by atoms with Crippen molar-refractivity contribution in [3.05, 3.63) is 53.2 Å². The van der Waals surface area contributed by atoms with E-state index >= 15 is 0 Å². The Kier molecular flexibility index (Phi) is 3.13. The number of nitrogens with zero attached hydrogens (tertiary/aromatic N) is 2. The molecular formula is C14H17N3O. The van der Waals surface area contributed by atoms with Crippen molar-refractivity contribution in [2.45, 2.75) is 26.1 Å². The van der Waals surface area contributed by atoms with Gasteiger partial charge in [0, 0.05) is 26.1 Å². The Morgan fingerprint density at radius 2 is 2.11 bits per heavy atom. The molecule has 0 amide bonds. The number of hydrogen-bond acceptors (Lipinski definition) is 4. The van der Waals surface area contributed by atoms with Crippen molar-refractivity contribution < 1.29 is 4.42 Å². The van der Waals surface area contributed by atoms with Crippen molar-refractivity contribution in [2.75, 3.05) is 6.54 Å². The summed E-state index contributed by atoms with van der Waals surface area (Å²) >= 11 is 0. The van der Waals surface area contributed by atoms with Crippen LogP contribution in [0.5, 0.6) is 0 Å². The predicted molar refractivity (Wildman–Crippen MR) is 68.7 cm³/mol. The van der Waals surface area contributed by atoms with Crippen LogP contribution in [0.25, 0.3) is 0 Å². The Morgan fingerprint density at radius 3 is 2.89 bits per heavy atom. The lowest BCUT2D eigenvalue weighted by atomic mass is 10.1. The number of aromatic nitrogens is 1. The molecule has 0 saturated carbocycles. The van der Waals surface area contributed by atoms with Gasteiger partial charge in [-0.15, -0.1) is 0 Å². The number of benzene rings is 1. The molecule has 1 aliphatic rings. The van der Waals surface area contributed by atoms with E-state index in [0.717, 1.165) is 37.5 Å². The minimum Gasteiger partial charge on any atom is -0.444 e. The van der Waals surface area contributed by atoms with Crippen LogP contribution in [0.15, 0.2) is 34.7 Å². The summed E-state index contributed by atoms with van der Waals surface area (Å²) in [4.78, 5) is 6.82. The predicted octanol–water partition coefficient (Wildman–Crippen LogP) is 1.69. The fraction of sp³-hybridized carbons (Fsp3) is 0.357. The molecule has 2 aromatic rings. The molecule has 18 heavy (non-hydrogen) atoms. The van der Waals surface area contributed by atoms with Gasteiger partial charge in [0.25, 0.3) is 0 Å². The Balaban J connectivity index is 1.71. The number of fused-ring (bicyclic) bond motifs is 1. The summed E-state index contributed by atoms with van der Waals surface area (Å²) in [5, 5.41) is 0. The smallest absolute Gasteiger partial charge is 0.208 e. The van der Waals surface area contributed by atoms with Crippen molar-refractivity contribution in [2.24, 2.45) is 5.73 Å². The summed E-state index contributed by atoms with van der Waals surface area (Å²) in [5.41, 5.74) is 7.94. The van der Waals surface area contributed by atoms with Gasteiger partial charge in [0.2, 0.25) is 5.89 Å². The molecule has 1 aliphatic heterocycles. The second-order valence-corrected chi connectivity index (χ2v) is 4.63. The van der Waals surface area contributed by atoms with Crippen LogP contribution in [0.3, 0.4) is 0 Å². The topological polar surface area (TPSA) is 55.3 Å². The third kappa shape index (κ3) is 2.30. The van der Waals surface area contributed by atoms with Crippen LogP contribution in [0, 0.1) is 0 Å². The van der Waals surface area contributed by atoms with Crippen LogP contribution in [0.4, 0.5) is 0 Å². The van der Waals surface area contributed by atoms with Gasteiger partial charge in [-0.2, -0.15) is 0 Å². The lowest BCUT2D eigenvalue weighted by Gasteiger charge is -2.25. The van der Waals surface area contributed by atoms with Crippen LogP contribution >= 0.6 is 0 Å². The quantitative estimate of drug-likeness (QED) is 0.891. The van der Waals surface area contributed by atoms with E-state index in [1.54, 1.807) is 0 Å². The highest BCUT2D eigenvalue weighted by molar-refractivity contribution is 5.17. The van der Waals surface area contributed by atoms with E-state index in [4.69, 9.17) is 10.2 Å². The minimum atomic E-state index is 0.381. The molecule has 0 fully saturated rings. The molecule has 2 heterocycles. The van der Waals surface area contributed by atoms with Crippen molar-refractivity contribution in [1.29, 1.82) is 0 Å². The summed E-state index contributed by atoms with van der Waals surface area (Å²) in [5.74, 6) is 1.67. The number of rotatable bonds is 3. The zero-order chi connectivity index (χ0) is 12.4. The van der Waals surface area contributed by atoms with Crippen LogP contribution in [-0.4, -0.2) is 16.4 Å². The molecule has 0 saturated heterocycles. The number of nitrogens with two attached hydrogens (primary N) is 1. The van der Waals surface area contributed by atoms with E-state index in [9.17, 15) is 0 Å². The number of oxazole rings is 1. The Bertz CT molecular complexity index is 521. The van der Waals surface area contributed by atoms with E-state index in [0.29, 0.717) is 12.4 Å². The van der Waals surface area contributed by atoms with Crippen LogP contribution < -0.4 is 5.73 Å². The van der Waals surface area contributed by atoms with Gasteiger partial charge in [-0.1, -0.05) is 30.3 Å². The molecule has 0 spiro atoms. The van der Waals surface area contributed by atoms with Crippen LogP contribution in [0.1, 0.15) is 22.9 Å². The SMILES string of the molecule is NCc1nc2c(o1)CCN(Cc1ccccc1)C2. The van der Waals surface area contributed by atoms with Crippen LogP contribution in [-0.2, 0) is 26.1 Å². The van der Waals surface area contributed by atoms with Gasteiger partial charge in [0.15, 0.2) is 0 Å². The molecule has 0 unspecified atom stereocenters. The fourth-order valence-electron chi connectivity index (χ4n) is 2.37. The first kappa shape index (κ1) is 11.4. The molecule has 4 nitrogen and oxygen atoms in total.